The van der Waals surface area contributed by atoms with Crippen LogP contribution in [0, 0.1) is 6.92 Å². The van der Waals surface area contributed by atoms with E-state index in [1.165, 1.54) is 13.3 Å². The highest BCUT2D eigenvalue weighted by Gasteiger charge is 2.10. The van der Waals surface area contributed by atoms with Crippen molar-refractivity contribution in [2.45, 2.75) is 6.92 Å². The molecule has 0 spiro atoms. The van der Waals surface area contributed by atoms with Crippen LogP contribution in [0.15, 0.2) is 71.8 Å². The Bertz CT molecular complexity index is 1130. The van der Waals surface area contributed by atoms with E-state index >= 15 is 0 Å². The number of halogens is 1. The fourth-order valence-electron chi connectivity index (χ4n) is 2.71. The first-order valence-electron chi connectivity index (χ1n) is 9.71. The van der Waals surface area contributed by atoms with Gasteiger partial charge in [-0.25, -0.2) is 5.43 Å². The van der Waals surface area contributed by atoms with E-state index in [0.29, 0.717) is 33.3 Å². The number of hydrogen-bond donors (Lipinski definition) is 2. The molecule has 164 valence electrons. The monoisotopic (exact) mass is 451 g/mol. The lowest BCUT2D eigenvalue weighted by Gasteiger charge is -2.12. The van der Waals surface area contributed by atoms with Crippen molar-refractivity contribution in [1.82, 2.24) is 5.43 Å². The first-order chi connectivity index (χ1) is 15.5. The number of nitrogens with zero attached hydrogens (tertiary/aromatic N) is 1. The van der Waals surface area contributed by atoms with Crippen LogP contribution < -0.4 is 20.2 Å². The molecule has 3 rings (SSSR count). The number of benzene rings is 3. The second kappa shape index (κ2) is 11.0. The molecule has 0 unspecified atom stereocenters. The van der Waals surface area contributed by atoms with Crippen LogP contribution in [0.2, 0.25) is 5.02 Å². The second-order valence-electron chi connectivity index (χ2n) is 6.79. The van der Waals surface area contributed by atoms with Crippen LogP contribution in [0.4, 0.5) is 5.69 Å². The van der Waals surface area contributed by atoms with E-state index in [4.69, 9.17) is 21.1 Å². The van der Waals surface area contributed by atoms with Gasteiger partial charge in [0.05, 0.1) is 24.0 Å². The number of aryl methyl sites for hydroxylation is 1. The Hall–Kier alpha value is -3.84. The van der Waals surface area contributed by atoms with Gasteiger partial charge in [-0.3, -0.25) is 9.59 Å². The van der Waals surface area contributed by atoms with Gasteiger partial charge in [0, 0.05) is 5.56 Å². The van der Waals surface area contributed by atoms with Crippen LogP contribution in [-0.2, 0) is 4.79 Å². The van der Waals surface area contributed by atoms with Gasteiger partial charge in [0.25, 0.3) is 11.8 Å². The lowest BCUT2D eigenvalue weighted by atomic mass is 10.1. The van der Waals surface area contributed by atoms with E-state index in [0.717, 1.165) is 5.56 Å². The van der Waals surface area contributed by atoms with Crippen molar-refractivity contribution < 1.29 is 19.1 Å². The zero-order valence-corrected chi connectivity index (χ0v) is 18.3. The van der Waals surface area contributed by atoms with Crippen LogP contribution in [-0.4, -0.2) is 31.7 Å². The Kier molecular flexibility index (Phi) is 7.83. The number of hydrogen-bond acceptors (Lipinski definition) is 5. The quantitative estimate of drug-likeness (QED) is 0.391. The molecule has 2 N–H and O–H groups in total. The average Bonchev–Trinajstić information content (AvgIpc) is 2.80. The summed E-state index contributed by atoms with van der Waals surface area (Å²) >= 11 is 6.04. The molecular formula is C24H22ClN3O4. The van der Waals surface area contributed by atoms with E-state index in [9.17, 15) is 9.59 Å². The van der Waals surface area contributed by atoms with Gasteiger partial charge in [-0.1, -0.05) is 41.4 Å². The first-order valence-corrected chi connectivity index (χ1v) is 10.1. The van der Waals surface area contributed by atoms with Crippen LogP contribution in [0.1, 0.15) is 21.5 Å². The van der Waals surface area contributed by atoms with Gasteiger partial charge < -0.3 is 14.8 Å². The Morgan fingerprint density at radius 1 is 1.03 bits per heavy atom. The summed E-state index contributed by atoms with van der Waals surface area (Å²) in [6.07, 6.45) is 1.49. The van der Waals surface area contributed by atoms with Crippen LogP contribution in [0.25, 0.3) is 0 Å². The molecule has 8 heteroatoms. The summed E-state index contributed by atoms with van der Waals surface area (Å²) in [5, 5.41) is 7.10. The standard InChI is InChI=1S/C24H22ClN3O4/c1-16-7-10-18(11-8-16)24(30)28-26-14-17-9-12-21(22(13-17)31-2)32-15-23(29)27-20-6-4-3-5-19(20)25/h3-14H,15H2,1-2H3,(H,27,29)(H,28,30)/b26-14+. The number of anilines is 1. The van der Waals surface area contributed by atoms with Gasteiger partial charge in [0.1, 0.15) is 0 Å². The van der Waals surface area contributed by atoms with Crippen molar-refractivity contribution in [1.29, 1.82) is 0 Å². The molecule has 0 atom stereocenters. The highest BCUT2D eigenvalue weighted by atomic mass is 35.5. The van der Waals surface area contributed by atoms with E-state index in [2.05, 4.69) is 15.8 Å². The average molecular weight is 452 g/mol. The number of carbonyl (C=O) groups excluding carboxylic acids is 2. The predicted octanol–water partition coefficient (Wildman–Crippen LogP) is 4.44. The largest absolute Gasteiger partial charge is 0.493 e. The van der Waals surface area contributed by atoms with Crippen molar-refractivity contribution >= 4 is 35.3 Å². The van der Waals surface area contributed by atoms with Gasteiger partial charge in [-0.15, -0.1) is 0 Å². The number of nitrogens with one attached hydrogen (secondary N) is 2. The SMILES string of the molecule is COc1cc(/C=N/NC(=O)c2ccc(C)cc2)ccc1OCC(=O)Nc1ccccc1Cl. The zero-order valence-electron chi connectivity index (χ0n) is 17.6. The Balaban J connectivity index is 1.57. The number of rotatable bonds is 8. The Labute approximate surface area is 191 Å². The maximum absolute atomic E-state index is 12.1. The highest BCUT2D eigenvalue weighted by molar-refractivity contribution is 6.33. The first kappa shape index (κ1) is 22.8. The normalized spacial score (nSPS) is 10.6. The van der Waals surface area contributed by atoms with E-state index in [1.807, 2.05) is 19.1 Å². The van der Waals surface area contributed by atoms with Crippen molar-refractivity contribution in [2.24, 2.45) is 5.10 Å². The van der Waals surface area contributed by atoms with Crippen LogP contribution in [0.5, 0.6) is 11.5 Å². The summed E-state index contributed by atoms with van der Waals surface area (Å²) in [4.78, 5) is 24.3. The summed E-state index contributed by atoms with van der Waals surface area (Å²) in [5.41, 5.74) is 5.26. The molecule has 0 aliphatic heterocycles. The van der Waals surface area contributed by atoms with Crippen molar-refractivity contribution in [2.75, 3.05) is 19.0 Å². The summed E-state index contributed by atoms with van der Waals surface area (Å²) in [6, 6.07) is 19.2. The fraction of sp³-hybridized carbons (Fsp3) is 0.125. The molecule has 0 heterocycles. The number of ether oxygens (including phenoxy) is 2. The molecule has 0 bridgehead atoms. The third-order valence-electron chi connectivity index (χ3n) is 4.39. The molecule has 2 amide bonds. The van der Waals surface area contributed by atoms with Crippen molar-refractivity contribution in [3.05, 3.63) is 88.4 Å². The molecule has 0 saturated heterocycles. The molecule has 0 aliphatic carbocycles. The number of amides is 2. The fourth-order valence-corrected chi connectivity index (χ4v) is 2.89. The lowest BCUT2D eigenvalue weighted by Crippen LogP contribution is -2.20. The highest BCUT2D eigenvalue weighted by Crippen LogP contribution is 2.27. The smallest absolute Gasteiger partial charge is 0.271 e. The topological polar surface area (TPSA) is 89.0 Å². The van der Waals surface area contributed by atoms with E-state index in [-0.39, 0.29) is 18.4 Å². The number of para-hydroxylation sites is 1. The van der Waals surface area contributed by atoms with Gasteiger partial charge in [-0.05, 0) is 55.0 Å². The molecule has 0 saturated carbocycles. The van der Waals surface area contributed by atoms with E-state index in [1.54, 1.807) is 54.6 Å². The third-order valence-corrected chi connectivity index (χ3v) is 4.72. The minimum atomic E-state index is -0.357. The third kappa shape index (κ3) is 6.33. The molecular weight excluding hydrogens is 430 g/mol. The molecule has 0 radical (unpaired) electrons. The maximum atomic E-state index is 12.1. The van der Waals surface area contributed by atoms with Gasteiger partial charge in [-0.2, -0.15) is 5.10 Å². The van der Waals surface area contributed by atoms with Crippen molar-refractivity contribution in [3.8, 4) is 11.5 Å². The van der Waals surface area contributed by atoms with Gasteiger partial charge >= 0.3 is 0 Å². The summed E-state index contributed by atoms with van der Waals surface area (Å²) < 4.78 is 10.9. The number of methoxy groups -OCH3 is 1. The Morgan fingerprint density at radius 2 is 1.78 bits per heavy atom. The molecule has 3 aromatic rings. The molecule has 0 aliphatic rings. The molecule has 7 nitrogen and oxygen atoms in total. The second-order valence-corrected chi connectivity index (χ2v) is 7.20. The van der Waals surface area contributed by atoms with Crippen LogP contribution in [0.3, 0.4) is 0 Å². The lowest BCUT2D eigenvalue weighted by molar-refractivity contribution is -0.118. The summed E-state index contributed by atoms with van der Waals surface area (Å²) in [5.74, 6) is 0.148. The zero-order chi connectivity index (χ0) is 22.9. The summed E-state index contributed by atoms with van der Waals surface area (Å²) in [7, 11) is 1.49. The number of carbonyl (C=O) groups is 2. The predicted molar refractivity (Wildman–Crippen MR) is 125 cm³/mol. The van der Waals surface area contributed by atoms with E-state index < -0.39 is 0 Å². The minimum Gasteiger partial charge on any atom is -0.493 e. The molecule has 0 fully saturated rings. The maximum Gasteiger partial charge on any atom is 0.271 e. The molecule has 3 aromatic carbocycles. The minimum absolute atomic E-state index is 0.221. The van der Waals surface area contributed by atoms with Crippen LogP contribution >= 0.6 is 11.6 Å². The summed E-state index contributed by atoms with van der Waals surface area (Å²) in [6.45, 7) is 1.73. The number of hydrazone groups is 1. The van der Waals surface area contributed by atoms with Gasteiger partial charge in [0.2, 0.25) is 0 Å². The molecule has 0 aromatic heterocycles. The van der Waals surface area contributed by atoms with Crippen molar-refractivity contribution in [3.63, 3.8) is 0 Å². The Morgan fingerprint density at radius 3 is 2.50 bits per heavy atom. The van der Waals surface area contributed by atoms with Gasteiger partial charge in [0.15, 0.2) is 18.1 Å². The molecule has 32 heavy (non-hydrogen) atoms.